The molecule has 0 radical (unpaired) electrons. The Kier molecular flexibility index (Phi) is 4.58. The molecule has 0 saturated heterocycles. The van der Waals surface area contributed by atoms with E-state index in [1.165, 1.54) is 10.7 Å². The average Bonchev–Trinajstić information content (AvgIpc) is 3.22. The van der Waals surface area contributed by atoms with Crippen molar-refractivity contribution in [2.24, 2.45) is 0 Å². The molecule has 0 aliphatic rings. The van der Waals surface area contributed by atoms with Crippen LogP contribution in [-0.4, -0.2) is 25.4 Å². The van der Waals surface area contributed by atoms with Gasteiger partial charge in [-0.25, -0.2) is 9.97 Å². The largest absolute Gasteiger partial charge is 0.287 e. The Labute approximate surface area is 177 Å². The van der Waals surface area contributed by atoms with E-state index in [0.29, 0.717) is 33.4 Å². The highest BCUT2D eigenvalue weighted by molar-refractivity contribution is 6.30. The lowest BCUT2D eigenvalue weighted by Gasteiger charge is -2.10. The maximum Gasteiger partial charge on any atom is 0.251 e. The first-order valence-electron chi connectivity index (χ1n) is 9.37. The fourth-order valence-corrected chi connectivity index (χ4v) is 3.43. The van der Waals surface area contributed by atoms with Crippen LogP contribution in [0.2, 0.25) is 5.02 Å². The van der Waals surface area contributed by atoms with E-state index in [1.807, 2.05) is 60.7 Å². The van der Waals surface area contributed by atoms with Crippen LogP contribution in [0.5, 0.6) is 0 Å². The van der Waals surface area contributed by atoms with Gasteiger partial charge in [0, 0.05) is 21.7 Å². The third-order valence-electron chi connectivity index (χ3n) is 4.79. The van der Waals surface area contributed by atoms with Crippen LogP contribution < -0.4 is 0 Å². The molecule has 3 aromatic carbocycles. The number of hydrogen-bond acceptors (Lipinski definition) is 4. The maximum atomic E-state index is 13.1. The van der Waals surface area contributed by atoms with Gasteiger partial charge in [0.05, 0.1) is 6.20 Å². The molecule has 2 heterocycles. The Morgan fingerprint density at radius 2 is 1.37 bits per heavy atom. The SMILES string of the molecule is O=C(c1ccc(Cl)cc1)c1cnc2nc(-c3ccccc3)c(-c3ccccc3)nn12. The summed E-state index contributed by atoms with van der Waals surface area (Å²) in [4.78, 5) is 22.2. The zero-order chi connectivity index (χ0) is 20.5. The molecule has 0 aliphatic heterocycles. The summed E-state index contributed by atoms with van der Waals surface area (Å²) in [6.45, 7) is 0. The lowest BCUT2D eigenvalue weighted by atomic mass is 10.0. The van der Waals surface area contributed by atoms with Gasteiger partial charge in [-0.2, -0.15) is 9.61 Å². The number of fused-ring (bicyclic) bond motifs is 1. The van der Waals surface area contributed by atoms with Crippen molar-refractivity contribution in [2.75, 3.05) is 0 Å². The smallest absolute Gasteiger partial charge is 0.251 e. The Morgan fingerprint density at radius 3 is 2.00 bits per heavy atom. The number of halogens is 1. The van der Waals surface area contributed by atoms with Crippen LogP contribution in [0.1, 0.15) is 16.1 Å². The fraction of sp³-hybridized carbons (Fsp3) is 0. The predicted octanol–water partition coefficient (Wildman–Crippen LogP) is 5.34. The first-order valence-corrected chi connectivity index (χ1v) is 9.75. The summed E-state index contributed by atoms with van der Waals surface area (Å²) in [5.41, 5.74) is 4.08. The standard InChI is InChI=1S/C24H15ClN4O/c25-19-13-11-18(12-14-19)23(30)20-15-26-24-27-21(16-7-3-1-4-8-16)22(28-29(20)24)17-9-5-2-6-10-17/h1-15H. The van der Waals surface area contributed by atoms with Crippen LogP contribution in [0.4, 0.5) is 0 Å². The molecule has 30 heavy (non-hydrogen) atoms. The highest BCUT2D eigenvalue weighted by Gasteiger charge is 2.20. The van der Waals surface area contributed by atoms with Crippen LogP contribution in [-0.2, 0) is 0 Å². The number of imidazole rings is 1. The molecule has 5 nitrogen and oxygen atoms in total. The van der Waals surface area contributed by atoms with Gasteiger partial charge in [0.15, 0.2) is 0 Å². The zero-order valence-corrected chi connectivity index (χ0v) is 16.5. The third kappa shape index (κ3) is 3.25. The molecule has 6 heteroatoms. The van der Waals surface area contributed by atoms with Gasteiger partial charge in [0.1, 0.15) is 17.1 Å². The van der Waals surface area contributed by atoms with E-state index in [9.17, 15) is 4.79 Å². The lowest BCUT2D eigenvalue weighted by molar-refractivity contribution is 0.103. The molecule has 0 amide bonds. The molecule has 0 bridgehead atoms. The van der Waals surface area contributed by atoms with Crippen LogP contribution in [0.25, 0.3) is 28.3 Å². The topological polar surface area (TPSA) is 60.2 Å². The van der Waals surface area contributed by atoms with Crippen molar-refractivity contribution in [3.05, 3.63) is 107 Å². The summed E-state index contributed by atoms with van der Waals surface area (Å²) >= 11 is 5.95. The molecule has 5 rings (SSSR count). The van der Waals surface area contributed by atoms with Gasteiger partial charge in [-0.15, -0.1) is 0 Å². The lowest BCUT2D eigenvalue weighted by Crippen LogP contribution is -2.09. The van der Waals surface area contributed by atoms with Gasteiger partial charge in [-0.1, -0.05) is 72.3 Å². The van der Waals surface area contributed by atoms with E-state index in [2.05, 4.69) is 4.98 Å². The monoisotopic (exact) mass is 410 g/mol. The second-order valence-corrected chi connectivity index (χ2v) is 7.17. The van der Waals surface area contributed by atoms with Gasteiger partial charge < -0.3 is 0 Å². The normalized spacial score (nSPS) is 11.0. The van der Waals surface area contributed by atoms with Crippen molar-refractivity contribution in [3.63, 3.8) is 0 Å². The first-order chi connectivity index (χ1) is 14.7. The molecule has 0 spiro atoms. The van der Waals surface area contributed by atoms with E-state index in [0.717, 1.165) is 11.1 Å². The van der Waals surface area contributed by atoms with E-state index >= 15 is 0 Å². The number of rotatable bonds is 4. The number of ketones is 1. The minimum absolute atomic E-state index is 0.195. The van der Waals surface area contributed by atoms with Gasteiger partial charge in [-0.3, -0.25) is 4.79 Å². The summed E-state index contributed by atoms with van der Waals surface area (Å²) in [7, 11) is 0. The summed E-state index contributed by atoms with van der Waals surface area (Å²) in [5, 5.41) is 5.36. The maximum absolute atomic E-state index is 13.1. The molecular weight excluding hydrogens is 396 g/mol. The van der Waals surface area contributed by atoms with Gasteiger partial charge in [0.2, 0.25) is 5.78 Å². The second kappa shape index (κ2) is 7.54. The summed E-state index contributed by atoms with van der Waals surface area (Å²) in [6, 6.07) is 26.4. The summed E-state index contributed by atoms with van der Waals surface area (Å²) in [6.07, 6.45) is 1.51. The van der Waals surface area contributed by atoms with Gasteiger partial charge in [0.25, 0.3) is 5.78 Å². The van der Waals surface area contributed by atoms with Crippen LogP contribution in [0.15, 0.2) is 91.1 Å². The Hall–Kier alpha value is -3.83. The highest BCUT2D eigenvalue weighted by Crippen LogP contribution is 2.29. The van der Waals surface area contributed by atoms with Crippen LogP contribution in [0.3, 0.4) is 0 Å². The van der Waals surface area contributed by atoms with E-state index in [4.69, 9.17) is 21.7 Å². The number of carbonyl (C=O) groups excluding carboxylic acids is 1. The Balaban J connectivity index is 1.72. The molecule has 0 unspecified atom stereocenters. The fourth-order valence-electron chi connectivity index (χ4n) is 3.30. The quantitative estimate of drug-likeness (QED) is 0.375. The van der Waals surface area contributed by atoms with Crippen molar-refractivity contribution >= 4 is 23.2 Å². The Bertz CT molecular complexity index is 1350. The van der Waals surface area contributed by atoms with Crippen molar-refractivity contribution in [1.29, 1.82) is 0 Å². The molecular formula is C24H15ClN4O. The zero-order valence-electron chi connectivity index (χ0n) is 15.7. The van der Waals surface area contributed by atoms with Crippen LogP contribution in [0, 0.1) is 0 Å². The van der Waals surface area contributed by atoms with Crippen molar-refractivity contribution in [1.82, 2.24) is 19.6 Å². The number of aromatic nitrogens is 4. The van der Waals surface area contributed by atoms with Crippen molar-refractivity contribution in [3.8, 4) is 22.5 Å². The predicted molar refractivity (Wildman–Crippen MR) is 117 cm³/mol. The van der Waals surface area contributed by atoms with E-state index < -0.39 is 0 Å². The number of hydrogen-bond donors (Lipinski definition) is 0. The molecule has 144 valence electrons. The number of nitrogens with zero attached hydrogens (tertiary/aromatic N) is 4. The highest BCUT2D eigenvalue weighted by atomic mass is 35.5. The minimum atomic E-state index is -0.195. The van der Waals surface area contributed by atoms with Crippen LogP contribution >= 0.6 is 11.6 Å². The van der Waals surface area contributed by atoms with Crippen molar-refractivity contribution < 1.29 is 4.79 Å². The summed E-state index contributed by atoms with van der Waals surface area (Å²) < 4.78 is 1.51. The van der Waals surface area contributed by atoms with E-state index in [1.54, 1.807) is 24.3 Å². The first kappa shape index (κ1) is 18.2. The average molecular weight is 411 g/mol. The summed E-state index contributed by atoms with van der Waals surface area (Å²) in [5.74, 6) is 0.172. The minimum Gasteiger partial charge on any atom is -0.287 e. The van der Waals surface area contributed by atoms with Gasteiger partial charge in [-0.05, 0) is 24.3 Å². The second-order valence-electron chi connectivity index (χ2n) is 6.73. The molecule has 0 fully saturated rings. The molecule has 0 saturated carbocycles. The molecule has 2 aromatic heterocycles. The number of benzene rings is 3. The third-order valence-corrected chi connectivity index (χ3v) is 5.04. The molecule has 0 atom stereocenters. The Morgan fingerprint density at radius 1 is 0.767 bits per heavy atom. The number of carbonyl (C=O) groups is 1. The molecule has 0 aliphatic carbocycles. The van der Waals surface area contributed by atoms with E-state index in [-0.39, 0.29) is 5.78 Å². The molecule has 0 N–H and O–H groups in total. The van der Waals surface area contributed by atoms with Gasteiger partial charge >= 0.3 is 0 Å². The molecule has 5 aromatic rings. The van der Waals surface area contributed by atoms with Crippen molar-refractivity contribution in [2.45, 2.75) is 0 Å².